The highest BCUT2D eigenvalue weighted by Crippen LogP contribution is 2.33. The first kappa shape index (κ1) is 21.0. The van der Waals surface area contributed by atoms with E-state index < -0.39 is 0 Å². The van der Waals surface area contributed by atoms with Gasteiger partial charge in [0, 0.05) is 31.3 Å². The number of rotatable bonds is 4. The maximum Gasteiger partial charge on any atom is 0.274 e. The second kappa shape index (κ2) is 8.55. The number of aromatic nitrogens is 1. The number of quaternary nitrogens is 1. The molecule has 0 radical (unpaired) electrons. The number of hydrogen-bond donors (Lipinski definition) is 1. The zero-order valence-corrected chi connectivity index (χ0v) is 18.5. The Morgan fingerprint density at radius 1 is 1.28 bits per heavy atom. The van der Waals surface area contributed by atoms with Gasteiger partial charge >= 0.3 is 0 Å². The van der Waals surface area contributed by atoms with Gasteiger partial charge in [0.2, 0.25) is 5.84 Å². The Morgan fingerprint density at radius 2 is 2.09 bits per heavy atom. The van der Waals surface area contributed by atoms with Crippen LogP contribution >= 0.6 is 11.3 Å². The maximum atomic E-state index is 13.6. The van der Waals surface area contributed by atoms with E-state index in [0.29, 0.717) is 23.8 Å². The predicted octanol–water partition coefficient (Wildman–Crippen LogP) is 3.45. The zero-order valence-electron chi connectivity index (χ0n) is 17.7. The number of fused-ring (bicyclic) bond motifs is 1. The van der Waals surface area contributed by atoms with Crippen LogP contribution in [0.25, 0.3) is 10.4 Å². The molecule has 32 heavy (non-hydrogen) atoms. The van der Waals surface area contributed by atoms with E-state index in [4.69, 9.17) is 0 Å². The Hall–Kier alpha value is -2.91. The van der Waals surface area contributed by atoms with E-state index >= 15 is 0 Å². The summed E-state index contributed by atoms with van der Waals surface area (Å²) < 4.78 is 26.9. The maximum absolute atomic E-state index is 13.6. The van der Waals surface area contributed by atoms with Crippen molar-refractivity contribution in [2.45, 2.75) is 38.6 Å². The number of aliphatic imine (C=N–C) groups is 1. The fraction of sp³-hybridized carbons (Fsp3) is 0.348. The molecule has 1 unspecified atom stereocenters. The first-order valence-corrected chi connectivity index (χ1v) is 11.6. The molecule has 0 saturated carbocycles. The summed E-state index contributed by atoms with van der Waals surface area (Å²) in [6, 6.07) is 6.19. The molecule has 1 amide bonds. The molecule has 0 aliphatic carbocycles. The highest BCUT2D eigenvalue weighted by molar-refractivity contribution is 7.15. The highest BCUT2D eigenvalue weighted by atomic mass is 32.1. The molecule has 5 rings (SSSR count). The predicted molar refractivity (Wildman–Crippen MR) is 119 cm³/mol. The number of hydrogen-bond acceptors (Lipinski definition) is 5. The number of benzene rings is 1. The molecule has 2 atom stereocenters. The van der Waals surface area contributed by atoms with Crippen molar-refractivity contribution in [2.75, 3.05) is 13.2 Å². The molecule has 166 valence electrons. The summed E-state index contributed by atoms with van der Waals surface area (Å²) in [7, 11) is 0. The van der Waals surface area contributed by atoms with Crippen molar-refractivity contribution in [3.63, 3.8) is 0 Å². The summed E-state index contributed by atoms with van der Waals surface area (Å²) in [4.78, 5) is 26.4. The Bertz CT molecular complexity index is 1120. The molecule has 0 spiro atoms. The van der Waals surface area contributed by atoms with Gasteiger partial charge in [0.05, 0.1) is 9.88 Å². The minimum absolute atomic E-state index is 0.0149. The van der Waals surface area contributed by atoms with Crippen molar-refractivity contribution in [2.24, 2.45) is 4.99 Å². The average Bonchev–Trinajstić information content (AvgIpc) is 3.36. The van der Waals surface area contributed by atoms with Gasteiger partial charge in [-0.05, 0) is 43.9 Å². The number of nitrogens with zero attached hydrogens (tertiary/aromatic N) is 4. The van der Waals surface area contributed by atoms with E-state index in [1.807, 2.05) is 18.0 Å². The van der Waals surface area contributed by atoms with Gasteiger partial charge in [-0.1, -0.05) is 16.6 Å². The topological polar surface area (TPSA) is 53.2 Å². The van der Waals surface area contributed by atoms with Crippen LogP contribution < -0.4 is 4.90 Å². The second-order valence-corrected chi connectivity index (χ2v) is 9.50. The zero-order chi connectivity index (χ0) is 22.2. The van der Waals surface area contributed by atoms with Crippen LogP contribution in [0, 0.1) is 12.7 Å². The number of piperidine rings is 1. The normalized spacial score (nSPS) is 22.6. The van der Waals surface area contributed by atoms with Crippen LogP contribution in [0.15, 0.2) is 53.4 Å². The molecule has 1 aromatic carbocycles. The van der Waals surface area contributed by atoms with Gasteiger partial charge in [-0.25, -0.2) is 14.3 Å². The Labute approximate surface area is 189 Å². The first-order valence-electron chi connectivity index (χ1n) is 10.8. The molecular weight excluding hydrogens is 432 g/mol. The van der Waals surface area contributed by atoms with Crippen molar-refractivity contribution in [3.05, 3.63) is 65.0 Å². The van der Waals surface area contributed by atoms with Gasteiger partial charge in [-0.3, -0.25) is 4.79 Å². The molecule has 6 nitrogen and oxygen atoms in total. The Morgan fingerprint density at radius 3 is 2.91 bits per heavy atom. The summed E-state index contributed by atoms with van der Waals surface area (Å²) in [5.41, 5.74) is 2.10. The number of amidine groups is 1. The third kappa shape index (κ3) is 4.10. The quantitative estimate of drug-likeness (QED) is 0.717. The third-order valence-corrected chi connectivity index (χ3v) is 7.05. The lowest BCUT2D eigenvalue weighted by molar-refractivity contribution is -0.763. The molecule has 3 aliphatic rings. The molecule has 1 fully saturated rings. The summed E-state index contributed by atoms with van der Waals surface area (Å²) >= 11 is 1.45. The number of nitrogens with one attached hydrogen (secondary N) is 1. The van der Waals surface area contributed by atoms with Crippen molar-refractivity contribution < 1.29 is 18.6 Å². The lowest BCUT2D eigenvalue weighted by atomic mass is 9.97. The number of likely N-dealkylation sites (tertiary alicyclic amines) is 1. The van der Waals surface area contributed by atoms with Crippen molar-refractivity contribution >= 4 is 23.1 Å². The van der Waals surface area contributed by atoms with Gasteiger partial charge in [0.25, 0.3) is 5.91 Å². The fourth-order valence-corrected chi connectivity index (χ4v) is 5.42. The van der Waals surface area contributed by atoms with E-state index in [9.17, 15) is 13.7 Å². The molecule has 9 heteroatoms. The first-order chi connectivity index (χ1) is 15.5. The van der Waals surface area contributed by atoms with Crippen LogP contribution in [0.1, 0.15) is 41.2 Å². The number of aryl methyl sites for hydroxylation is 1. The van der Waals surface area contributed by atoms with E-state index in [1.54, 1.807) is 18.2 Å². The van der Waals surface area contributed by atoms with Crippen molar-refractivity contribution in [1.82, 2.24) is 15.0 Å². The van der Waals surface area contributed by atoms with Gasteiger partial charge in [-0.2, -0.15) is 10.1 Å². The molecule has 1 saturated heterocycles. The molecule has 1 aromatic heterocycles. The minimum Gasteiger partial charge on any atom is -0.334 e. The fourth-order valence-electron chi connectivity index (χ4n) is 4.50. The summed E-state index contributed by atoms with van der Waals surface area (Å²) in [5.74, 6) is 0.399. The van der Waals surface area contributed by atoms with Crippen LogP contribution in [-0.4, -0.2) is 46.0 Å². The van der Waals surface area contributed by atoms with E-state index in [2.05, 4.69) is 9.98 Å². The third-order valence-electron chi connectivity index (χ3n) is 6.03. The molecule has 0 bridgehead atoms. The van der Waals surface area contributed by atoms with Gasteiger partial charge in [0.15, 0.2) is 6.67 Å². The molecule has 1 N–H and O–H groups in total. The molecule has 3 aliphatic heterocycles. The standard InChI is InChI=1S/C23H23F2N5OS/c1-15-26-21(22(32-15)16-5-7-17(24)8-6-16)23(31)30-10-3-2-4-19(30)12-18-13-28-14-29(25)11-9-20(28)27-18/h5-9,11,13,19H,2-4,10,12,14H2,1H3/p+1/t19-/m0/s1. The number of carbonyl (C=O) groups excluding carboxylic acids is 1. The smallest absolute Gasteiger partial charge is 0.274 e. The molecular formula is C23H24F2N5OS+. The minimum atomic E-state index is -0.311. The molecule has 4 heterocycles. The van der Waals surface area contributed by atoms with Crippen LogP contribution in [0.5, 0.6) is 0 Å². The van der Waals surface area contributed by atoms with E-state index in [1.165, 1.54) is 29.7 Å². The number of thiazole rings is 1. The Kier molecular flexibility index (Phi) is 5.60. The van der Waals surface area contributed by atoms with Crippen molar-refractivity contribution in [3.8, 4) is 10.4 Å². The van der Waals surface area contributed by atoms with Crippen LogP contribution in [0.3, 0.4) is 0 Å². The van der Waals surface area contributed by atoms with Crippen molar-refractivity contribution in [1.29, 1.82) is 0 Å². The number of halogens is 2. The lowest BCUT2D eigenvalue weighted by Crippen LogP contribution is -3.11. The molecule has 2 aromatic rings. The van der Waals surface area contributed by atoms with Gasteiger partial charge in [0.1, 0.15) is 23.4 Å². The largest absolute Gasteiger partial charge is 0.334 e. The van der Waals surface area contributed by atoms with E-state index in [-0.39, 0.29) is 24.4 Å². The summed E-state index contributed by atoms with van der Waals surface area (Å²) in [6.45, 7) is 2.75. The average molecular weight is 457 g/mol. The summed E-state index contributed by atoms with van der Waals surface area (Å²) in [5, 5.41) is 1.44. The SMILES string of the molecule is Cc1nc(C(=O)N2CCCC[C@H]2CC2=C[NH+]3CN(F)C=CC3=N2)c(-c2ccc(F)cc2)s1. The summed E-state index contributed by atoms with van der Waals surface area (Å²) in [6.07, 6.45) is 8.53. The highest BCUT2D eigenvalue weighted by Gasteiger charge is 2.34. The second-order valence-electron chi connectivity index (χ2n) is 8.30. The lowest BCUT2D eigenvalue weighted by Gasteiger charge is -2.35. The van der Waals surface area contributed by atoms with Crippen LogP contribution in [-0.2, 0) is 0 Å². The van der Waals surface area contributed by atoms with E-state index in [0.717, 1.165) is 51.1 Å². The number of carbonyl (C=O) groups is 1. The van der Waals surface area contributed by atoms with Crippen LogP contribution in [0.2, 0.25) is 0 Å². The van der Waals surface area contributed by atoms with Crippen LogP contribution in [0.4, 0.5) is 8.87 Å². The van der Waals surface area contributed by atoms with Gasteiger partial charge < -0.3 is 4.90 Å². The Balaban J connectivity index is 1.39. The van der Waals surface area contributed by atoms with Gasteiger partial charge in [-0.15, -0.1) is 11.3 Å². The monoisotopic (exact) mass is 456 g/mol. The number of amides is 1.